The maximum Gasteiger partial charge on any atom is 0.149 e. The highest BCUT2D eigenvalue weighted by molar-refractivity contribution is 5.26. The van der Waals surface area contributed by atoms with E-state index in [9.17, 15) is 8.78 Å². The highest BCUT2D eigenvalue weighted by Crippen LogP contribution is 2.20. The molecule has 1 atom stereocenters. The Kier molecular flexibility index (Phi) is 3.39. The van der Waals surface area contributed by atoms with Crippen LogP contribution in [0.15, 0.2) is 36.7 Å². The summed E-state index contributed by atoms with van der Waals surface area (Å²) in [6, 6.07) is 4.62. The maximum absolute atomic E-state index is 13.1. The first kappa shape index (κ1) is 11.6. The summed E-state index contributed by atoms with van der Waals surface area (Å²) in [5.74, 6) is -0.757. The Morgan fingerprint density at radius 3 is 2.18 bits per heavy atom. The van der Waals surface area contributed by atoms with Gasteiger partial charge in [-0.1, -0.05) is 0 Å². The molecule has 1 unspecified atom stereocenters. The quantitative estimate of drug-likeness (QED) is 0.884. The van der Waals surface area contributed by atoms with Crippen LogP contribution in [0, 0.1) is 11.6 Å². The third kappa shape index (κ3) is 2.62. The van der Waals surface area contributed by atoms with Gasteiger partial charge in [-0.3, -0.25) is 0 Å². The number of nitrogens with zero attached hydrogens (tertiary/aromatic N) is 2. The number of hydrogen-bond acceptors (Lipinski definition) is 3. The second-order valence-electron chi connectivity index (χ2n) is 3.53. The van der Waals surface area contributed by atoms with E-state index in [1.807, 2.05) is 0 Å². The van der Waals surface area contributed by atoms with Crippen molar-refractivity contribution >= 4 is 0 Å². The van der Waals surface area contributed by atoms with Crippen LogP contribution in [0.25, 0.3) is 0 Å². The Balaban J connectivity index is 2.42. The van der Waals surface area contributed by atoms with Gasteiger partial charge in [-0.25, -0.2) is 18.7 Å². The molecule has 0 saturated heterocycles. The van der Waals surface area contributed by atoms with Gasteiger partial charge in [0.25, 0.3) is 0 Å². The predicted molar refractivity (Wildman–Crippen MR) is 59.3 cm³/mol. The first-order valence-electron chi connectivity index (χ1n) is 5.11. The van der Waals surface area contributed by atoms with Crippen molar-refractivity contribution in [3.8, 4) is 0 Å². The molecule has 1 aromatic carbocycles. The first-order chi connectivity index (χ1) is 8.20. The molecule has 1 heterocycles. The van der Waals surface area contributed by atoms with Gasteiger partial charge in [0, 0.05) is 18.5 Å². The molecule has 5 heteroatoms. The molecule has 0 spiro atoms. The molecule has 0 aliphatic heterocycles. The van der Waals surface area contributed by atoms with Crippen LogP contribution in [-0.4, -0.2) is 17.0 Å². The smallest absolute Gasteiger partial charge is 0.149 e. The zero-order chi connectivity index (χ0) is 12.3. The zero-order valence-corrected chi connectivity index (χ0v) is 9.19. The zero-order valence-electron chi connectivity index (χ0n) is 9.19. The number of aromatic nitrogens is 2. The number of benzene rings is 1. The van der Waals surface area contributed by atoms with Crippen LogP contribution in [0.5, 0.6) is 0 Å². The molecule has 17 heavy (non-hydrogen) atoms. The SMILES string of the molecule is CNC(c1cc(F)cc(F)c1)c1ncccn1. The van der Waals surface area contributed by atoms with Crippen LogP contribution in [0.2, 0.25) is 0 Å². The van der Waals surface area contributed by atoms with Crippen molar-refractivity contribution in [3.05, 3.63) is 59.7 Å². The fourth-order valence-corrected chi connectivity index (χ4v) is 1.65. The lowest BCUT2D eigenvalue weighted by Crippen LogP contribution is -2.20. The lowest BCUT2D eigenvalue weighted by molar-refractivity contribution is 0.567. The van der Waals surface area contributed by atoms with Gasteiger partial charge in [0.2, 0.25) is 0 Å². The van der Waals surface area contributed by atoms with E-state index in [2.05, 4.69) is 15.3 Å². The highest BCUT2D eigenvalue weighted by Gasteiger charge is 2.16. The van der Waals surface area contributed by atoms with Gasteiger partial charge >= 0.3 is 0 Å². The van der Waals surface area contributed by atoms with Gasteiger partial charge in [0.15, 0.2) is 0 Å². The van der Waals surface area contributed by atoms with Gasteiger partial charge < -0.3 is 5.32 Å². The molecule has 2 rings (SSSR count). The second-order valence-corrected chi connectivity index (χ2v) is 3.53. The van der Waals surface area contributed by atoms with Crippen LogP contribution in [0.3, 0.4) is 0 Å². The van der Waals surface area contributed by atoms with Gasteiger partial charge in [0.1, 0.15) is 17.5 Å². The first-order valence-corrected chi connectivity index (χ1v) is 5.11. The molecule has 3 nitrogen and oxygen atoms in total. The van der Waals surface area contributed by atoms with Crippen molar-refractivity contribution in [1.82, 2.24) is 15.3 Å². The molecular weight excluding hydrogens is 224 g/mol. The van der Waals surface area contributed by atoms with E-state index in [1.165, 1.54) is 12.1 Å². The van der Waals surface area contributed by atoms with E-state index in [4.69, 9.17) is 0 Å². The summed E-state index contributed by atoms with van der Waals surface area (Å²) >= 11 is 0. The molecule has 0 bridgehead atoms. The minimum atomic E-state index is -0.615. The van der Waals surface area contributed by atoms with Crippen LogP contribution < -0.4 is 5.32 Å². The van der Waals surface area contributed by atoms with Crippen molar-refractivity contribution in [2.24, 2.45) is 0 Å². The Morgan fingerprint density at radius 1 is 1.06 bits per heavy atom. The molecule has 1 N–H and O–H groups in total. The van der Waals surface area contributed by atoms with Crippen molar-refractivity contribution in [2.75, 3.05) is 7.05 Å². The third-order valence-electron chi connectivity index (χ3n) is 2.35. The summed E-state index contributed by atoms with van der Waals surface area (Å²) < 4.78 is 26.3. The monoisotopic (exact) mass is 235 g/mol. The topological polar surface area (TPSA) is 37.8 Å². The lowest BCUT2D eigenvalue weighted by atomic mass is 10.1. The maximum atomic E-state index is 13.1. The van der Waals surface area contributed by atoms with Crippen molar-refractivity contribution < 1.29 is 8.78 Å². The number of halogens is 2. The summed E-state index contributed by atoms with van der Waals surface area (Å²) in [6.07, 6.45) is 3.17. The largest absolute Gasteiger partial charge is 0.307 e. The molecule has 0 aliphatic rings. The molecule has 88 valence electrons. The lowest BCUT2D eigenvalue weighted by Gasteiger charge is -2.15. The van der Waals surface area contributed by atoms with Gasteiger partial charge in [-0.2, -0.15) is 0 Å². The molecule has 1 aromatic heterocycles. The van der Waals surface area contributed by atoms with Crippen LogP contribution in [0.4, 0.5) is 8.78 Å². The average Bonchev–Trinajstić information content (AvgIpc) is 2.30. The summed E-state index contributed by atoms with van der Waals surface area (Å²) in [6.45, 7) is 0. The summed E-state index contributed by atoms with van der Waals surface area (Å²) in [4.78, 5) is 8.13. The minimum absolute atomic E-state index is 0.429. The number of rotatable bonds is 3. The number of nitrogens with one attached hydrogen (secondary N) is 1. The normalized spacial score (nSPS) is 12.4. The summed E-state index contributed by atoms with van der Waals surface area (Å²) in [5, 5.41) is 2.93. The van der Waals surface area contributed by atoms with E-state index in [-0.39, 0.29) is 0 Å². The summed E-state index contributed by atoms with van der Waals surface area (Å²) in [7, 11) is 1.68. The van der Waals surface area contributed by atoms with E-state index in [1.54, 1.807) is 25.5 Å². The van der Waals surface area contributed by atoms with E-state index < -0.39 is 17.7 Å². The Morgan fingerprint density at radius 2 is 1.65 bits per heavy atom. The molecule has 0 amide bonds. The van der Waals surface area contributed by atoms with Gasteiger partial charge in [-0.15, -0.1) is 0 Å². The second kappa shape index (κ2) is 4.97. The van der Waals surface area contributed by atoms with E-state index >= 15 is 0 Å². The van der Waals surface area contributed by atoms with Crippen LogP contribution in [0.1, 0.15) is 17.4 Å². The molecular formula is C12H11F2N3. The Bertz CT molecular complexity index is 482. The standard InChI is InChI=1S/C12H11F2N3/c1-15-11(12-16-3-2-4-17-12)8-5-9(13)7-10(14)6-8/h2-7,11,15H,1H3. The van der Waals surface area contributed by atoms with Crippen molar-refractivity contribution in [3.63, 3.8) is 0 Å². The van der Waals surface area contributed by atoms with Gasteiger partial charge in [0.05, 0.1) is 6.04 Å². The van der Waals surface area contributed by atoms with E-state index in [0.29, 0.717) is 11.4 Å². The molecule has 0 saturated carbocycles. The van der Waals surface area contributed by atoms with Crippen LogP contribution >= 0.6 is 0 Å². The highest BCUT2D eigenvalue weighted by atomic mass is 19.1. The fourth-order valence-electron chi connectivity index (χ4n) is 1.65. The molecule has 2 aromatic rings. The molecule has 0 aliphatic carbocycles. The van der Waals surface area contributed by atoms with E-state index in [0.717, 1.165) is 6.07 Å². The Labute approximate surface area is 97.5 Å². The van der Waals surface area contributed by atoms with Gasteiger partial charge in [-0.05, 0) is 30.8 Å². The summed E-state index contributed by atoms with van der Waals surface area (Å²) in [5.41, 5.74) is 0.455. The molecule has 0 radical (unpaired) electrons. The fraction of sp³-hybridized carbons (Fsp3) is 0.167. The minimum Gasteiger partial charge on any atom is -0.307 e. The average molecular weight is 235 g/mol. The third-order valence-corrected chi connectivity index (χ3v) is 2.35. The van der Waals surface area contributed by atoms with Crippen LogP contribution in [-0.2, 0) is 0 Å². The van der Waals surface area contributed by atoms with Crippen molar-refractivity contribution in [1.29, 1.82) is 0 Å². The molecule has 0 fully saturated rings. The van der Waals surface area contributed by atoms with Crippen molar-refractivity contribution in [2.45, 2.75) is 6.04 Å². The Hall–Kier alpha value is -1.88. The number of hydrogen-bond donors (Lipinski definition) is 1. The predicted octanol–water partition coefficient (Wildman–Crippen LogP) is 2.06.